The number of rotatable bonds is 12. The number of pyridine rings is 2. The van der Waals surface area contributed by atoms with Gasteiger partial charge in [0.1, 0.15) is 11.5 Å². The van der Waals surface area contributed by atoms with Crippen molar-refractivity contribution in [1.82, 2.24) is 25.1 Å². The third kappa shape index (κ3) is 9.89. The number of aliphatic imine (C=N–C) groups is 2. The van der Waals surface area contributed by atoms with Crippen molar-refractivity contribution >= 4 is 29.1 Å². The Balaban J connectivity index is 2.58. The minimum absolute atomic E-state index is 0.284. The monoisotopic (exact) mass is 558 g/mol. The summed E-state index contributed by atoms with van der Waals surface area (Å²) in [5.74, 6) is 0.700. The number of nitrogens with one attached hydrogen (secondary N) is 2. The number of hydrogen-bond acceptors (Lipinski definition) is 5. The average molecular weight is 559 g/mol. The molecular weight excluding hydrogens is 520 g/mol. The molecule has 40 heavy (non-hydrogen) atoms. The van der Waals surface area contributed by atoms with E-state index in [2.05, 4.69) is 62.8 Å². The first-order chi connectivity index (χ1) is 19.1. The van der Waals surface area contributed by atoms with Crippen molar-refractivity contribution in [1.29, 1.82) is 0 Å². The molecule has 0 unspecified atom stereocenters. The molecule has 0 amide bonds. The molecule has 2 aromatic heterocycles. The van der Waals surface area contributed by atoms with Gasteiger partial charge in [-0.15, -0.1) is 0 Å². The molecule has 0 bridgehead atoms. The number of anilines is 1. The van der Waals surface area contributed by atoms with Gasteiger partial charge in [-0.25, -0.2) is 9.98 Å². The maximum Gasteiger partial charge on any atom is 0.229 e. The summed E-state index contributed by atoms with van der Waals surface area (Å²) in [5.41, 5.74) is 5.71. The minimum atomic E-state index is 0.284. The van der Waals surface area contributed by atoms with Gasteiger partial charge in [0.2, 0.25) is 5.96 Å². The van der Waals surface area contributed by atoms with Crippen LogP contribution >= 0.6 is 11.6 Å². The summed E-state index contributed by atoms with van der Waals surface area (Å²) in [6.45, 7) is 18.5. The lowest BCUT2D eigenvalue weighted by Crippen LogP contribution is -2.23. The maximum absolute atomic E-state index is 6.51. The van der Waals surface area contributed by atoms with E-state index in [9.17, 15) is 0 Å². The predicted octanol–water partition coefficient (Wildman–Crippen LogP) is 6.13. The second-order valence-electron chi connectivity index (χ2n) is 9.30. The molecular formula is C31H39ClN8. The van der Waals surface area contributed by atoms with Crippen LogP contribution in [0.2, 0.25) is 5.02 Å². The zero-order chi connectivity index (χ0) is 29.7. The van der Waals surface area contributed by atoms with Crippen molar-refractivity contribution in [3.63, 3.8) is 0 Å². The Labute approximate surface area is 243 Å². The van der Waals surface area contributed by atoms with Gasteiger partial charge >= 0.3 is 0 Å². The van der Waals surface area contributed by atoms with E-state index >= 15 is 0 Å². The summed E-state index contributed by atoms with van der Waals surface area (Å²) in [5, 5.41) is 6.97. The molecule has 0 aliphatic carbocycles. The van der Waals surface area contributed by atoms with Crippen LogP contribution in [-0.4, -0.2) is 59.8 Å². The SMILES string of the molecule is C=C/C=C\C(=C/C=C)NC(=N/C=C)/N=C(\C=C)Nc1cc(Cl)c(C)nc1-c1cc(CN(C)C)c(CN(C)C)cn1. The lowest BCUT2D eigenvalue weighted by atomic mass is 10.1. The topological polar surface area (TPSA) is 81.0 Å². The molecule has 210 valence electrons. The van der Waals surface area contributed by atoms with Crippen molar-refractivity contribution in [3.05, 3.63) is 115 Å². The number of guanidine groups is 1. The normalized spacial score (nSPS) is 12.7. The molecule has 2 rings (SSSR count). The van der Waals surface area contributed by atoms with Gasteiger partial charge < -0.3 is 20.4 Å². The molecule has 0 saturated heterocycles. The first-order valence-corrected chi connectivity index (χ1v) is 13.0. The van der Waals surface area contributed by atoms with Crippen LogP contribution in [0.15, 0.2) is 103 Å². The van der Waals surface area contributed by atoms with Gasteiger partial charge in [0.25, 0.3) is 0 Å². The Morgan fingerprint density at radius 1 is 1.02 bits per heavy atom. The average Bonchev–Trinajstić information content (AvgIpc) is 2.89. The fourth-order valence-electron chi connectivity index (χ4n) is 3.62. The Kier molecular flexibility index (Phi) is 12.9. The summed E-state index contributed by atoms with van der Waals surface area (Å²) in [7, 11) is 8.17. The highest BCUT2D eigenvalue weighted by atomic mass is 35.5. The number of hydrogen-bond donors (Lipinski definition) is 2. The second kappa shape index (κ2) is 16.1. The predicted molar refractivity (Wildman–Crippen MR) is 172 cm³/mol. The fraction of sp³-hybridized carbons (Fsp3) is 0.226. The lowest BCUT2D eigenvalue weighted by Gasteiger charge is -2.19. The Bertz CT molecular complexity index is 1350. The van der Waals surface area contributed by atoms with E-state index in [4.69, 9.17) is 21.6 Å². The van der Waals surface area contributed by atoms with Gasteiger partial charge in [-0.3, -0.25) is 4.98 Å². The molecule has 2 heterocycles. The van der Waals surface area contributed by atoms with Gasteiger partial charge in [0, 0.05) is 31.2 Å². The number of aromatic nitrogens is 2. The standard InChI is InChI=1S/C31H39ClN8/c1-10-14-16-25(15-11-2)36-31(33-13-4)38-29(12-3)37-28-18-26(32)22(5)35-30(28)27-17-23(20-39(6)7)24(19-34-27)21-40(8)9/h10-19H,1-4,20-21H2,5-9H3,(H2,33,36,37,38)/b16-14-,25-15+. The van der Waals surface area contributed by atoms with E-state index < -0.39 is 0 Å². The molecule has 8 nitrogen and oxygen atoms in total. The fourth-order valence-corrected chi connectivity index (χ4v) is 3.77. The smallest absolute Gasteiger partial charge is 0.229 e. The van der Waals surface area contributed by atoms with Crippen LogP contribution in [0.25, 0.3) is 11.4 Å². The molecule has 0 saturated carbocycles. The third-order valence-corrected chi connectivity index (χ3v) is 5.69. The first kappa shape index (κ1) is 32.1. The van der Waals surface area contributed by atoms with Crippen LogP contribution in [0, 0.1) is 6.92 Å². The molecule has 0 radical (unpaired) electrons. The van der Waals surface area contributed by atoms with E-state index in [1.54, 1.807) is 30.4 Å². The minimum Gasteiger partial charge on any atom is -0.338 e. The molecule has 0 atom stereocenters. The first-order valence-electron chi connectivity index (χ1n) is 12.6. The lowest BCUT2D eigenvalue weighted by molar-refractivity contribution is 0.380. The maximum atomic E-state index is 6.51. The molecule has 0 spiro atoms. The Morgan fingerprint density at radius 2 is 1.73 bits per heavy atom. The molecule has 0 aliphatic rings. The van der Waals surface area contributed by atoms with Gasteiger partial charge in [-0.1, -0.05) is 56.1 Å². The Morgan fingerprint density at radius 3 is 2.33 bits per heavy atom. The zero-order valence-corrected chi connectivity index (χ0v) is 24.8. The van der Waals surface area contributed by atoms with Crippen molar-refractivity contribution in [3.8, 4) is 11.4 Å². The number of nitrogens with zero attached hydrogens (tertiary/aromatic N) is 6. The number of amidine groups is 1. The van der Waals surface area contributed by atoms with Crippen molar-refractivity contribution in [2.24, 2.45) is 9.98 Å². The van der Waals surface area contributed by atoms with E-state index in [0.29, 0.717) is 39.3 Å². The number of allylic oxidation sites excluding steroid dienone is 5. The molecule has 0 fully saturated rings. The van der Waals surface area contributed by atoms with E-state index in [1.165, 1.54) is 11.8 Å². The Hall–Kier alpha value is -4.11. The highest BCUT2D eigenvalue weighted by Gasteiger charge is 2.16. The number of halogens is 1. The molecule has 2 aromatic rings. The second-order valence-corrected chi connectivity index (χ2v) is 9.71. The quantitative estimate of drug-likeness (QED) is 0.185. The van der Waals surface area contributed by atoms with Crippen LogP contribution in [0.1, 0.15) is 16.8 Å². The zero-order valence-electron chi connectivity index (χ0n) is 24.1. The number of aryl methyl sites for hydroxylation is 1. The van der Waals surface area contributed by atoms with Crippen LogP contribution in [0.4, 0.5) is 5.69 Å². The summed E-state index contributed by atoms with van der Waals surface area (Å²) in [4.78, 5) is 22.7. The van der Waals surface area contributed by atoms with Crippen molar-refractivity contribution < 1.29 is 0 Å². The van der Waals surface area contributed by atoms with Gasteiger partial charge in [-0.05, 0) is 76.6 Å². The summed E-state index contributed by atoms with van der Waals surface area (Å²) in [6, 6.07) is 3.89. The van der Waals surface area contributed by atoms with E-state index in [0.717, 1.165) is 18.7 Å². The highest BCUT2D eigenvalue weighted by molar-refractivity contribution is 6.31. The third-order valence-electron chi connectivity index (χ3n) is 5.31. The molecule has 0 aromatic carbocycles. The van der Waals surface area contributed by atoms with Gasteiger partial charge in [0.15, 0.2) is 0 Å². The van der Waals surface area contributed by atoms with E-state index in [-0.39, 0.29) is 5.96 Å². The highest BCUT2D eigenvalue weighted by Crippen LogP contribution is 2.31. The van der Waals surface area contributed by atoms with Gasteiger partial charge in [-0.2, -0.15) is 4.99 Å². The summed E-state index contributed by atoms with van der Waals surface area (Å²) in [6.07, 6.45) is 13.6. The molecule has 0 aliphatic heterocycles. The van der Waals surface area contributed by atoms with Crippen LogP contribution in [-0.2, 0) is 13.1 Å². The van der Waals surface area contributed by atoms with Crippen LogP contribution in [0.3, 0.4) is 0 Å². The van der Waals surface area contributed by atoms with Crippen LogP contribution < -0.4 is 10.6 Å². The summed E-state index contributed by atoms with van der Waals surface area (Å²) >= 11 is 6.51. The largest absolute Gasteiger partial charge is 0.338 e. The van der Waals surface area contributed by atoms with Crippen molar-refractivity contribution in [2.45, 2.75) is 20.0 Å². The summed E-state index contributed by atoms with van der Waals surface area (Å²) < 4.78 is 0. The molecule has 2 N–H and O–H groups in total. The molecule has 9 heteroatoms. The van der Waals surface area contributed by atoms with E-state index in [1.807, 2.05) is 53.5 Å². The van der Waals surface area contributed by atoms with Crippen molar-refractivity contribution in [2.75, 3.05) is 33.5 Å². The van der Waals surface area contributed by atoms with Crippen LogP contribution in [0.5, 0.6) is 0 Å². The van der Waals surface area contributed by atoms with Gasteiger partial charge in [0.05, 0.1) is 22.1 Å².